The summed E-state index contributed by atoms with van der Waals surface area (Å²) in [4.78, 5) is 29.6. The van der Waals surface area contributed by atoms with E-state index in [1.54, 1.807) is 18.2 Å². The predicted molar refractivity (Wildman–Crippen MR) is 94.9 cm³/mol. The molecule has 0 radical (unpaired) electrons. The molecule has 1 amide bonds. The van der Waals surface area contributed by atoms with Crippen molar-refractivity contribution in [2.24, 2.45) is 0 Å². The van der Waals surface area contributed by atoms with E-state index in [9.17, 15) is 9.59 Å². The zero-order valence-electron chi connectivity index (χ0n) is 13.6. The van der Waals surface area contributed by atoms with Gasteiger partial charge < -0.3 is 15.0 Å². The van der Waals surface area contributed by atoms with Gasteiger partial charge in [-0.15, -0.1) is 0 Å². The molecule has 7 heteroatoms. The Hall–Kier alpha value is -1.99. The molecule has 1 aromatic carbocycles. The van der Waals surface area contributed by atoms with Crippen molar-refractivity contribution in [1.82, 2.24) is 15.3 Å². The molecule has 2 heterocycles. The van der Waals surface area contributed by atoms with Gasteiger partial charge in [0.2, 0.25) is 0 Å². The number of fused-ring (bicyclic) bond motifs is 1. The quantitative estimate of drug-likeness (QED) is 0.726. The van der Waals surface area contributed by atoms with Crippen LogP contribution in [0.15, 0.2) is 23.0 Å². The third-order valence-corrected chi connectivity index (χ3v) is 4.53. The summed E-state index contributed by atoms with van der Waals surface area (Å²) in [5, 5.41) is 3.47. The molecular formula is C17H21N3O3S. The first-order valence-corrected chi connectivity index (χ1v) is 8.62. The molecule has 0 bridgehead atoms. The Morgan fingerprint density at radius 1 is 1.46 bits per heavy atom. The number of aromatic nitrogens is 2. The second-order valence-electron chi connectivity index (χ2n) is 6.26. The lowest BCUT2D eigenvalue weighted by molar-refractivity contribution is 0.0899. The van der Waals surface area contributed by atoms with E-state index in [1.165, 1.54) is 0 Å². The first-order chi connectivity index (χ1) is 11.5. The molecule has 0 unspecified atom stereocenters. The number of aromatic amines is 2. The lowest BCUT2D eigenvalue weighted by atomic mass is 10.1. The summed E-state index contributed by atoms with van der Waals surface area (Å²) in [6, 6.07) is 5.00. The average Bonchev–Trinajstić information content (AvgIpc) is 3.05. The Labute approximate surface area is 144 Å². The number of ether oxygens (including phenoxy) is 1. The van der Waals surface area contributed by atoms with Crippen molar-refractivity contribution in [3.05, 3.63) is 38.9 Å². The zero-order chi connectivity index (χ0) is 17.1. The van der Waals surface area contributed by atoms with Gasteiger partial charge in [-0.3, -0.25) is 14.6 Å². The van der Waals surface area contributed by atoms with Gasteiger partial charge in [-0.05, 0) is 63.0 Å². The Bertz CT molecular complexity index is 852. The predicted octanol–water partition coefficient (Wildman–Crippen LogP) is 2.66. The summed E-state index contributed by atoms with van der Waals surface area (Å²) in [6.45, 7) is 2.84. The lowest BCUT2D eigenvalue weighted by Gasteiger charge is -2.16. The lowest BCUT2D eigenvalue weighted by Crippen LogP contribution is -2.33. The van der Waals surface area contributed by atoms with Gasteiger partial charge >= 0.3 is 0 Å². The summed E-state index contributed by atoms with van der Waals surface area (Å²) in [5.41, 5.74) is 0.803. The van der Waals surface area contributed by atoms with Gasteiger partial charge in [0, 0.05) is 18.2 Å². The highest BCUT2D eigenvalue weighted by molar-refractivity contribution is 7.71. The highest BCUT2D eigenvalue weighted by Crippen LogP contribution is 2.18. The average molecular weight is 347 g/mol. The van der Waals surface area contributed by atoms with E-state index in [0.29, 0.717) is 22.6 Å². The van der Waals surface area contributed by atoms with Gasteiger partial charge in [0.25, 0.3) is 11.5 Å². The molecule has 1 aromatic heterocycles. The maximum absolute atomic E-state index is 12.4. The van der Waals surface area contributed by atoms with E-state index in [4.69, 9.17) is 17.0 Å². The van der Waals surface area contributed by atoms with Gasteiger partial charge in [0.05, 0.1) is 17.0 Å². The maximum atomic E-state index is 12.4. The van der Waals surface area contributed by atoms with Crippen LogP contribution in [0, 0.1) is 4.77 Å². The fourth-order valence-electron chi connectivity index (χ4n) is 3.00. The van der Waals surface area contributed by atoms with Crippen molar-refractivity contribution >= 4 is 29.0 Å². The van der Waals surface area contributed by atoms with Gasteiger partial charge in [0.15, 0.2) is 4.77 Å². The molecule has 1 saturated heterocycles. The number of carbonyl (C=O) groups is 1. The second kappa shape index (κ2) is 7.27. The minimum Gasteiger partial charge on any atom is -0.378 e. The molecule has 3 N–H and O–H groups in total. The molecule has 2 atom stereocenters. The van der Waals surface area contributed by atoms with E-state index in [1.807, 2.05) is 6.92 Å². The van der Waals surface area contributed by atoms with Gasteiger partial charge in [0.1, 0.15) is 0 Å². The Balaban J connectivity index is 1.66. The molecule has 0 spiro atoms. The number of nitrogens with one attached hydrogen (secondary N) is 3. The first kappa shape index (κ1) is 16.9. The van der Waals surface area contributed by atoms with Crippen LogP contribution in [0.5, 0.6) is 0 Å². The van der Waals surface area contributed by atoms with Crippen LogP contribution in [0.1, 0.15) is 43.0 Å². The summed E-state index contributed by atoms with van der Waals surface area (Å²) in [6.07, 6.45) is 4.41. The standard InChI is InChI=1S/C17H21N3O3S/c1-10(4-6-12-3-2-8-23-12)18-15(21)11-5-7-13-14(9-11)19-17(24)20-16(13)22/h5,7,9-10,12H,2-4,6,8H2,1H3,(H,18,21)(H2,19,20,22,24)/t10-,12-/m0/s1. The molecule has 1 aliphatic heterocycles. The van der Waals surface area contributed by atoms with Crippen molar-refractivity contribution in [2.75, 3.05) is 6.61 Å². The summed E-state index contributed by atoms with van der Waals surface area (Å²) < 4.78 is 5.85. The van der Waals surface area contributed by atoms with Gasteiger partial charge in [-0.25, -0.2) is 0 Å². The third kappa shape index (κ3) is 3.91. The number of hydrogen-bond donors (Lipinski definition) is 3. The number of H-pyrrole nitrogens is 2. The number of benzene rings is 1. The van der Waals surface area contributed by atoms with E-state index in [2.05, 4.69) is 15.3 Å². The molecule has 1 aliphatic rings. The Kier molecular flexibility index (Phi) is 5.11. The summed E-state index contributed by atoms with van der Waals surface area (Å²) in [5.74, 6) is -0.156. The van der Waals surface area contributed by atoms with Crippen molar-refractivity contribution in [3.63, 3.8) is 0 Å². The van der Waals surface area contributed by atoms with Crippen molar-refractivity contribution < 1.29 is 9.53 Å². The minimum atomic E-state index is -0.259. The SMILES string of the molecule is C[C@@H](CC[C@@H]1CCCO1)NC(=O)c1ccc2c(=O)[nH]c(=S)[nH]c2c1. The third-order valence-electron chi connectivity index (χ3n) is 4.32. The normalized spacial score (nSPS) is 18.6. The van der Waals surface area contributed by atoms with Crippen LogP contribution in [0.3, 0.4) is 0 Å². The Morgan fingerprint density at radius 2 is 2.29 bits per heavy atom. The zero-order valence-corrected chi connectivity index (χ0v) is 14.4. The van der Waals surface area contributed by atoms with Crippen LogP contribution in [-0.2, 0) is 4.74 Å². The van der Waals surface area contributed by atoms with Crippen molar-refractivity contribution in [2.45, 2.75) is 44.8 Å². The molecule has 3 rings (SSSR count). The van der Waals surface area contributed by atoms with Gasteiger partial charge in [-0.2, -0.15) is 0 Å². The van der Waals surface area contributed by atoms with E-state index >= 15 is 0 Å². The van der Waals surface area contributed by atoms with Crippen LogP contribution in [0.2, 0.25) is 0 Å². The first-order valence-electron chi connectivity index (χ1n) is 8.22. The second-order valence-corrected chi connectivity index (χ2v) is 6.66. The number of rotatable bonds is 5. The van der Waals surface area contributed by atoms with Crippen LogP contribution >= 0.6 is 12.2 Å². The van der Waals surface area contributed by atoms with Crippen LogP contribution in [0.4, 0.5) is 0 Å². The molecule has 0 saturated carbocycles. The van der Waals surface area contributed by atoms with E-state index in [-0.39, 0.29) is 22.3 Å². The highest BCUT2D eigenvalue weighted by Gasteiger charge is 2.17. The van der Waals surface area contributed by atoms with Crippen molar-refractivity contribution in [1.29, 1.82) is 0 Å². The highest BCUT2D eigenvalue weighted by atomic mass is 32.1. The van der Waals surface area contributed by atoms with Crippen LogP contribution < -0.4 is 10.9 Å². The molecule has 1 fully saturated rings. The Morgan fingerprint density at radius 3 is 3.04 bits per heavy atom. The molecule has 0 aliphatic carbocycles. The molecular weight excluding hydrogens is 326 g/mol. The fourth-order valence-corrected chi connectivity index (χ4v) is 3.20. The molecule has 6 nitrogen and oxygen atoms in total. The smallest absolute Gasteiger partial charge is 0.259 e. The minimum absolute atomic E-state index is 0.0649. The summed E-state index contributed by atoms with van der Waals surface area (Å²) >= 11 is 4.97. The topological polar surface area (TPSA) is 87.0 Å². The van der Waals surface area contributed by atoms with E-state index < -0.39 is 0 Å². The number of amides is 1. The molecule has 128 valence electrons. The number of hydrogen-bond acceptors (Lipinski definition) is 4. The van der Waals surface area contributed by atoms with Crippen LogP contribution in [0.25, 0.3) is 10.9 Å². The van der Waals surface area contributed by atoms with Crippen LogP contribution in [-0.4, -0.2) is 34.6 Å². The largest absolute Gasteiger partial charge is 0.378 e. The van der Waals surface area contributed by atoms with Crippen molar-refractivity contribution in [3.8, 4) is 0 Å². The molecule has 2 aromatic rings. The fraction of sp³-hybridized carbons (Fsp3) is 0.471. The number of carbonyl (C=O) groups excluding carboxylic acids is 1. The maximum Gasteiger partial charge on any atom is 0.259 e. The monoisotopic (exact) mass is 347 g/mol. The summed E-state index contributed by atoms with van der Waals surface area (Å²) in [7, 11) is 0. The van der Waals surface area contributed by atoms with Gasteiger partial charge in [-0.1, -0.05) is 0 Å². The van der Waals surface area contributed by atoms with E-state index in [0.717, 1.165) is 32.3 Å². The molecule has 24 heavy (non-hydrogen) atoms.